The molecule has 3 nitrogen and oxygen atoms in total. The molecule has 1 fully saturated rings. The van der Waals surface area contributed by atoms with Crippen molar-refractivity contribution in [3.05, 3.63) is 30.1 Å². The highest BCUT2D eigenvalue weighted by Gasteiger charge is 2.25. The molecule has 0 aromatic heterocycles. The van der Waals surface area contributed by atoms with Gasteiger partial charge in [-0.3, -0.25) is 0 Å². The first-order valence-electron chi connectivity index (χ1n) is 4.77. The summed E-state index contributed by atoms with van der Waals surface area (Å²) in [6.45, 7) is 1.50. The van der Waals surface area contributed by atoms with Crippen molar-refractivity contribution in [2.75, 3.05) is 18.8 Å². The van der Waals surface area contributed by atoms with Crippen LogP contribution in [0.2, 0.25) is 0 Å². The van der Waals surface area contributed by atoms with Crippen molar-refractivity contribution in [3.8, 4) is 0 Å². The fraction of sp³-hybridized carbons (Fsp3) is 0.400. The molecule has 5 heteroatoms. The van der Waals surface area contributed by atoms with Gasteiger partial charge in [0.05, 0.1) is 10.6 Å². The molecule has 2 rings (SSSR count). The maximum atomic E-state index is 12.6. The monoisotopic (exact) mass is 229 g/mol. The predicted molar refractivity (Wildman–Crippen MR) is 54.8 cm³/mol. The summed E-state index contributed by atoms with van der Waals surface area (Å²) in [6, 6.07) is 4.98. The third-order valence-corrected chi connectivity index (χ3v) is 4.39. The Hall–Kier alpha value is -0.940. The van der Waals surface area contributed by atoms with Gasteiger partial charge in [-0.25, -0.2) is 12.8 Å². The largest absolute Gasteiger partial charge is 0.316 e. The molecule has 1 aromatic carbocycles. The first-order chi connectivity index (χ1) is 7.08. The van der Waals surface area contributed by atoms with Gasteiger partial charge in [0.2, 0.25) is 0 Å². The Morgan fingerprint density at radius 1 is 1.27 bits per heavy atom. The zero-order valence-electron chi connectivity index (χ0n) is 8.11. The van der Waals surface area contributed by atoms with Gasteiger partial charge in [-0.05, 0) is 30.2 Å². The van der Waals surface area contributed by atoms with Gasteiger partial charge < -0.3 is 5.32 Å². The van der Waals surface area contributed by atoms with E-state index in [-0.39, 0.29) is 16.6 Å². The summed E-state index contributed by atoms with van der Waals surface area (Å²) in [4.78, 5) is 0.204. The van der Waals surface area contributed by atoms with Crippen LogP contribution in [0.4, 0.5) is 4.39 Å². The molecule has 0 spiro atoms. The van der Waals surface area contributed by atoms with E-state index >= 15 is 0 Å². The molecule has 0 atom stereocenters. The minimum Gasteiger partial charge on any atom is -0.316 e. The van der Waals surface area contributed by atoms with Crippen LogP contribution < -0.4 is 5.32 Å². The Morgan fingerprint density at radius 2 is 1.87 bits per heavy atom. The summed E-state index contributed by atoms with van der Waals surface area (Å²) in [5, 5.41) is 3.02. The smallest absolute Gasteiger partial charge is 0.178 e. The first kappa shape index (κ1) is 10.6. The normalized spacial score (nSPS) is 17.4. The number of hydrogen-bond acceptors (Lipinski definition) is 3. The second-order valence-corrected chi connectivity index (χ2v) is 5.79. The SMILES string of the molecule is O=S(=O)(CC1CNC1)c1ccc(F)cc1. The van der Waals surface area contributed by atoms with E-state index in [4.69, 9.17) is 0 Å². The van der Waals surface area contributed by atoms with Gasteiger partial charge in [0.1, 0.15) is 5.82 Å². The Balaban J connectivity index is 2.17. The van der Waals surface area contributed by atoms with E-state index in [1.54, 1.807) is 0 Å². The summed E-state index contributed by atoms with van der Waals surface area (Å²) >= 11 is 0. The quantitative estimate of drug-likeness (QED) is 0.780. The molecule has 0 unspecified atom stereocenters. The summed E-state index contributed by atoms with van der Waals surface area (Å²) in [7, 11) is -3.24. The highest BCUT2D eigenvalue weighted by molar-refractivity contribution is 7.91. The molecule has 1 aromatic rings. The van der Waals surface area contributed by atoms with Gasteiger partial charge in [-0.15, -0.1) is 0 Å². The average Bonchev–Trinajstić information content (AvgIpc) is 2.13. The minimum atomic E-state index is -3.24. The van der Waals surface area contributed by atoms with E-state index in [0.29, 0.717) is 0 Å². The van der Waals surface area contributed by atoms with Crippen molar-refractivity contribution in [1.82, 2.24) is 5.32 Å². The Bertz CT molecular complexity index is 437. The third kappa shape index (κ3) is 2.35. The third-order valence-electron chi connectivity index (χ3n) is 2.49. The average molecular weight is 229 g/mol. The lowest BCUT2D eigenvalue weighted by Crippen LogP contribution is -2.45. The molecular weight excluding hydrogens is 217 g/mol. The molecule has 0 amide bonds. The highest BCUT2D eigenvalue weighted by Crippen LogP contribution is 2.16. The molecule has 1 aliphatic rings. The molecule has 1 saturated heterocycles. The van der Waals surface area contributed by atoms with Crippen molar-refractivity contribution >= 4 is 9.84 Å². The van der Waals surface area contributed by atoms with E-state index < -0.39 is 15.7 Å². The molecule has 1 N–H and O–H groups in total. The maximum Gasteiger partial charge on any atom is 0.178 e. The minimum absolute atomic E-state index is 0.144. The number of nitrogens with one attached hydrogen (secondary N) is 1. The van der Waals surface area contributed by atoms with Gasteiger partial charge in [0, 0.05) is 13.1 Å². The Morgan fingerprint density at radius 3 is 2.33 bits per heavy atom. The van der Waals surface area contributed by atoms with Crippen molar-refractivity contribution in [3.63, 3.8) is 0 Å². The van der Waals surface area contributed by atoms with Crippen molar-refractivity contribution in [1.29, 1.82) is 0 Å². The molecular formula is C10H12FNO2S. The van der Waals surface area contributed by atoms with Gasteiger partial charge >= 0.3 is 0 Å². The summed E-state index contributed by atoms with van der Waals surface area (Å²) in [5.74, 6) is -0.0784. The lowest BCUT2D eigenvalue weighted by atomic mass is 10.1. The zero-order valence-corrected chi connectivity index (χ0v) is 8.93. The van der Waals surface area contributed by atoms with E-state index in [2.05, 4.69) is 5.32 Å². The van der Waals surface area contributed by atoms with E-state index in [1.807, 2.05) is 0 Å². The predicted octanol–water partition coefficient (Wildman–Crippen LogP) is 0.819. The van der Waals surface area contributed by atoms with Crippen LogP contribution in [0.3, 0.4) is 0 Å². The number of halogens is 1. The van der Waals surface area contributed by atoms with Gasteiger partial charge in [0.15, 0.2) is 9.84 Å². The second kappa shape index (κ2) is 3.90. The summed E-state index contributed by atoms with van der Waals surface area (Å²) in [6.07, 6.45) is 0. The van der Waals surface area contributed by atoms with Gasteiger partial charge in [-0.2, -0.15) is 0 Å². The highest BCUT2D eigenvalue weighted by atomic mass is 32.2. The summed E-state index contributed by atoms with van der Waals surface area (Å²) in [5.41, 5.74) is 0. The van der Waals surface area contributed by atoms with Crippen molar-refractivity contribution < 1.29 is 12.8 Å². The van der Waals surface area contributed by atoms with Crippen LogP contribution in [0.5, 0.6) is 0 Å². The summed E-state index contributed by atoms with van der Waals surface area (Å²) < 4.78 is 36.2. The standard InChI is InChI=1S/C10H12FNO2S/c11-9-1-3-10(4-2-9)15(13,14)7-8-5-12-6-8/h1-4,8,12H,5-7H2. The molecule has 15 heavy (non-hydrogen) atoms. The number of rotatable bonds is 3. The Kier molecular flexibility index (Phi) is 2.75. The van der Waals surface area contributed by atoms with Crippen molar-refractivity contribution in [2.45, 2.75) is 4.90 Å². The molecule has 0 aliphatic carbocycles. The lowest BCUT2D eigenvalue weighted by Gasteiger charge is -2.26. The fourth-order valence-electron chi connectivity index (χ4n) is 1.51. The first-order valence-corrected chi connectivity index (χ1v) is 6.42. The van der Waals surface area contributed by atoms with Gasteiger partial charge in [-0.1, -0.05) is 0 Å². The molecule has 0 saturated carbocycles. The number of sulfone groups is 1. The van der Waals surface area contributed by atoms with Crippen LogP contribution in [0.15, 0.2) is 29.2 Å². The molecule has 0 bridgehead atoms. The molecule has 82 valence electrons. The Labute approximate surface area is 88.2 Å². The van der Waals surface area contributed by atoms with E-state index in [0.717, 1.165) is 13.1 Å². The van der Waals surface area contributed by atoms with Crippen LogP contribution in [-0.4, -0.2) is 27.3 Å². The molecule has 1 aliphatic heterocycles. The molecule has 0 radical (unpaired) electrons. The van der Waals surface area contributed by atoms with Crippen LogP contribution in [0.1, 0.15) is 0 Å². The second-order valence-electron chi connectivity index (χ2n) is 3.76. The lowest BCUT2D eigenvalue weighted by molar-refractivity contribution is 0.378. The number of hydrogen-bond donors (Lipinski definition) is 1. The van der Waals surface area contributed by atoms with E-state index in [9.17, 15) is 12.8 Å². The van der Waals surface area contributed by atoms with Gasteiger partial charge in [0.25, 0.3) is 0 Å². The van der Waals surface area contributed by atoms with Crippen LogP contribution in [-0.2, 0) is 9.84 Å². The fourth-order valence-corrected chi connectivity index (χ4v) is 3.11. The maximum absolute atomic E-state index is 12.6. The van der Waals surface area contributed by atoms with Crippen LogP contribution in [0, 0.1) is 11.7 Å². The van der Waals surface area contributed by atoms with Crippen LogP contribution in [0.25, 0.3) is 0 Å². The van der Waals surface area contributed by atoms with E-state index in [1.165, 1.54) is 24.3 Å². The topological polar surface area (TPSA) is 46.2 Å². The number of benzene rings is 1. The molecule has 1 heterocycles. The van der Waals surface area contributed by atoms with Crippen molar-refractivity contribution in [2.24, 2.45) is 5.92 Å². The van der Waals surface area contributed by atoms with Crippen LogP contribution >= 0.6 is 0 Å². The zero-order chi connectivity index (χ0) is 10.9.